The average molecular weight is 360 g/mol. The number of hydrogen-bond donors (Lipinski definition) is 2. The van der Waals surface area contributed by atoms with E-state index >= 15 is 0 Å². The minimum Gasteiger partial charge on any atom is -0.383 e. The molecular weight excluding hydrogens is 326 g/mol. The topological polar surface area (TPSA) is 52.1 Å². The monoisotopic (exact) mass is 359 g/mol. The molecule has 2 N–H and O–H groups in total. The predicted octanol–water partition coefficient (Wildman–Crippen LogP) is 1.54. The van der Waals surface area contributed by atoms with Crippen LogP contribution in [0.5, 0.6) is 0 Å². The Hall–Kier alpha value is -1.79. The maximum atomic E-state index is 5.23. The molecule has 144 valence electrons. The maximum Gasteiger partial charge on any atom is 0.191 e. The lowest BCUT2D eigenvalue weighted by molar-refractivity contribution is 0.141. The van der Waals surface area contributed by atoms with E-state index in [4.69, 9.17) is 4.74 Å². The number of hydrogen-bond acceptors (Lipinski definition) is 4. The van der Waals surface area contributed by atoms with Crippen LogP contribution in [0.1, 0.15) is 19.3 Å². The zero-order valence-corrected chi connectivity index (χ0v) is 16.2. The van der Waals surface area contributed by atoms with Crippen LogP contribution in [-0.4, -0.2) is 76.4 Å². The highest BCUT2D eigenvalue weighted by atomic mass is 16.5. The highest BCUT2D eigenvalue weighted by molar-refractivity contribution is 5.80. The van der Waals surface area contributed by atoms with Crippen LogP contribution in [0.3, 0.4) is 0 Å². The summed E-state index contributed by atoms with van der Waals surface area (Å²) in [5.41, 5.74) is 1.31. The second-order valence-corrected chi connectivity index (χ2v) is 7.19. The van der Waals surface area contributed by atoms with Crippen molar-refractivity contribution in [2.75, 3.05) is 58.4 Å². The number of guanidine groups is 1. The van der Waals surface area contributed by atoms with Gasteiger partial charge in [0, 0.05) is 58.1 Å². The molecule has 0 spiro atoms. The van der Waals surface area contributed by atoms with E-state index in [9.17, 15) is 0 Å². The molecule has 2 unspecified atom stereocenters. The lowest BCUT2D eigenvalue weighted by Crippen LogP contribution is -2.48. The molecule has 2 saturated heterocycles. The number of nitrogens with zero attached hydrogens (tertiary/aromatic N) is 3. The van der Waals surface area contributed by atoms with Gasteiger partial charge in [-0.25, -0.2) is 0 Å². The van der Waals surface area contributed by atoms with Gasteiger partial charge in [-0.3, -0.25) is 9.89 Å². The molecular formula is C20H33N5O. The van der Waals surface area contributed by atoms with Gasteiger partial charge in [0.25, 0.3) is 0 Å². The van der Waals surface area contributed by atoms with Crippen molar-refractivity contribution in [2.45, 2.75) is 31.3 Å². The zero-order valence-electron chi connectivity index (χ0n) is 16.2. The molecule has 1 aromatic carbocycles. The molecule has 0 aromatic heterocycles. The second-order valence-electron chi connectivity index (χ2n) is 7.19. The first-order chi connectivity index (χ1) is 12.8. The minimum atomic E-state index is 0.439. The summed E-state index contributed by atoms with van der Waals surface area (Å²) >= 11 is 0. The number of benzene rings is 1. The van der Waals surface area contributed by atoms with Crippen LogP contribution in [0.15, 0.2) is 35.3 Å². The van der Waals surface area contributed by atoms with Crippen LogP contribution < -0.4 is 15.5 Å². The number of methoxy groups -OCH3 is 1. The van der Waals surface area contributed by atoms with E-state index in [1.165, 1.54) is 25.1 Å². The van der Waals surface area contributed by atoms with E-state index in [1.54, 1.807) is 7.11 Å². The van der Waals surface area contributed by atoms with Crippen molar-refractivity contribution in [2.24, 2.45) is 4.99 Å². The molecule has 0 saturated carbocycles. The summed E-state index contributed by atoms with van der Waals surface area (Å²) in [6.45, 7) is 6.06. The third-order valence-corrected chi connectivity index (χ3v) is 5.46. The highest BCUT2D eigenvalue weighted by Crippen LogP contribution is 2.19. The first-order valence-electron chi connectivity index (χ1n) is 9.80. The number of aliphatic imine (C=N–C) groups is 1. The summed E-state index contributed by atoms with van der Waals surface area (Å²) in [6.07, 6.45) is 3.66. The van der Waals surface area contributed by atoms with E-state index < -0.39 is 0 Å². The summed E-state index contributed by atoms with van der Waals surface area (Å²) in [5.74, 6) is 0.920. The summed E-state index contributed by atoms with van der Waals surface area (Å²) < 4.78 is 5.23. The van der Waals surface area contributed by atoms with Crippen LogP contribution in [0.2, 0.25) is 0 Å². The number of likely N-dealkylation sites (tertiary alicyclic amines) is 1. The Balaban J connectivity index is 1.44. The van der Waals surface area contributed by atoms with Crippen LogP contribution in [-0.2, 0) is 4.74 Å². The van der Waals surface area contributed by atoms with Crippen molar-refractivity contribution in [3.8, 4) is 0 Å². The van der Waals surface area contributed by atoms with Gasteiger partial charge in [0.2, 0.25) is 0 Å². The average Bonchev–Trinajstić information content (AvgIpc) is 3.33. The number of rotatable bonds is 7. The van der Waals surface area contributed by atoms with Gasteiger partial charge in [-0.15, -0.1) is 0 Å². The van der Waals surface area contributed by atoms with Crippen LogP contribution in [0.25, 0.3) is 0 Å². The maximum absolute atomic E-state index is 5.23. The van der Waals surface area contributed by atoms with E-state index in [1.807, 2.05) is 7.05 Å². The standard InChI is InChI=1S/C20H33N5O/c1-21-20(22-15-19-9-6-11-24(19)13-14-26-2)23-17-10-12-25(16-17)18-7-4-3-5-8-18/h3-5,7-8,17,19H,6,9-16H2,1-2H3,(H2,21,22,23). The van der Waals surface area contributed by atoms with E-state index in [-0.39, 0.29) is 0 Å². The van der Waals surface area contributed by atoms with Crippen molar-refractivity contribution in [1.29, 1.82) is 0 Å². The van der Waals surface area contributed by atoms with Crippen molar-refractivity contribution < 1.29 is 4.74 Å². The summed E-state index contributed by atoms with van der Waals surface area (Å²) in [6, 6.07) is 11.7. The second kappa shape index (κ2) is 9.78. The summed E-state index contributed by atoms with van der Waals surface area (Å²) in [7, 11) is 3.63. The fourth-order valence-corrected chi connectivity index (χ4v) is 3.98. The van der Waals surface area contributed by atoms with Gasteiger partial charge < -0.3 is 20.3 Å². The van der Waals surface area contributed by atoms with Crippen molar-refractivity contribution in [3.63, 3.8) is 0 Å². The number of para-hydroxylation sites is 1. The van der Waals surface area contributed by atoms with E-state index in [2.05, 4.69) is 55.8 Å². The molecule has 2 fully saturated rings. The molecule has 2 aliphatic rings. The van der Waals surface area contributed by atoms with E-state index in [0.29, 0.717) is 12.1 Å². The van der Waals surface area contributed by atoms with Crippen LogP contribution in [0.4, 0.5) is 5.69 Å². The Morgan fingerprint density at radius 3 is 2.85 bits per heavy atom. The molecule has 0 amide bonds. The van der Waals surface area contributed by atoms with Gasteiger partial charge in [0.1, 0.15) is 0 Å². The first-order valence-corrected chi connectivity index (χ1v) is 9.80. The molecule has 1 aromatic rings. The van der Waals surface area contributed by atoms with Gasteiger partial charge in [-0.2, -0.15) is 0 Å². The highest BCUT2D eigenvalue weighted by Gasteiger charge is 2.26. The lowest BCUT2D eigenvalue weighted by atomic mass is 10.2. The number of ether oxygens (including phenoxy) is 1. The quantitative estimate of drug-likeness (QED) is 0.571. The SMILES string of the molecule is CN=C(NCC1CCCN1CCOC)NC1CCN(c2ccccc2)C1. The molecule has 0 bridgehead atoms. The molecule has 26 heavy (non-hydrogen) atoms. The molecule has 2 atom stereocenters. The predicted molar refractivity (Wildman–Crippen MR) is 108 cm³/mol. The molecule has 3 rings (SSSR count). The summed E-state index contributed by atoms with van der Waals surface area (Å²) in [5, 5.41) is 7.14. The molecule has 0 aliphatic carbocycles. The number of nitrogens with one attached hydrogen (secondary N) is 2. The Bertz CT molecular complexity index is 565. The van der Waals surface area contributed by atoms with Crippen molar-refractivity contribution in [3.05, 3.63) is 30.3 Å². The van der Waals surface area contributed by atoms with Crippen LogP contribution in [0, 0.1) is 0 Å². The third kappa shape index (κ3) is 5.11. The summed E-state index contributed by atoms with van der Waals surface area (Å²) in [4.78, 5) is 9.39. The first kappa shape index (κ1) is 19.0. The molecule has 6 nitrogen and oxygen atoms in total. The van der Waals surface area contributed by atoms with Gasteiger partial charge >= 0.3 is 0 Å². The molecule has 0 radical (unpaired) electrons. The van der Waals surface area contributed by atoms with Crippen LogP contribution >= 0.6 is 0 Å². The largest absolute Gasteiger partial charge is 0.383 e. The van der Waals surface area contributed by atoms with Gasteiger partial charge in [-0.05, 0) is 37.9 Å². The lowest BCUT2D eigenvalue weighted by Gasteiger charge is -2.26. The van der Waals surface area contributed by atoms with Crippen molar-refractivity contribution in [1.82, 2.24) is 15.5 Å². The Morgan fingerprint density at radius 2 is 2.08 bits per heavy atom. The number of anilines is 1. The molecule has 6 heteroatoms. The normalized spacial score (nSPS) is 24.2. The molecule has 2 aliphatic heterocycles. The van der Waals surface area contributed by atoms with Crippen molar-refractivity contribution >= 4 is 11.6 Å². The van der Waals surface area contributed by atoms with Gasteiger partial charge in [-0.1, -0.05) is 18.2 Å². The Morgan fingerprint density at radius 1 is 1.23 bits per heavy atom. The Kier molecular flexibility index (Phi) is 7.14. The zero-order chi connectivity index (χ0) is 18.2. The fraction of sp³-hybridized carbons (Fsp3) is 0.650. The minimum absolute atomic E-state index is 0.439. The van der Waals surface area contributed by atoms with Gasteiger partial charge in [0.05, 0.1) is 6.61 Å². The van der Waals surface area contributed by atoms with Gasteiger partial charge in [0.15, 0.2) is 5.96 Å². The van der Waals surface area contributed by atoms with E-state index in [0.717, 1.165) is 45.2 Å². The third-order valence-electron chi connectivity index (χ3n) is 5.46. The fourth-order valence-electron chi connectivity index (χ4n) is 3.98. The Labute approximate surface area is 157 Å². The molecule has 2 heterocycles. The smallest absolute Gasteiger partial charge is 0.191 e.